The monoisotopic (exact) mass is 489 g/mol. The summed E-state index contributed by atoms with van der Waals surface area (Å²) in [5.41, 5.74) is 6.18. The standard InChI is InChI=1S/C24H22N6O6/c1-13(31)14-2-4-15(5-3-14)22(32)20(28-29-23(33)16-8-10-25-11-9-16)21-24(34)27-19-12-17(30(35)36)6-7-18(19)26-21/h2-13,22,26,28,31-32H,1H3,(H,27,34)(H,29,33)/p-1. The fraction of sp³-hybridized carbons (Fsp3) is 0.125. The molecule has 1 aromatic heterocycles. The molecule has 184 valence electrons. The van der Waals surface area contributed by atoms with Crippen molar-refractivity contribution in [2.24, 2.45) is 4.99 Å². The number of pyridine rings is 1. The van der Waals surface area contributed by atoms with Gasteiger partial charge in [0.1, 0.15) is 6.10 Å². The van der Waals surface area contributed by atoms with E-state index in [9.17, 15) is 30.2 Å². The smallest absolute Gasteiger partial charge is 0.271 e. The van der Waals surface area contributed by atoms with Crippen molar-refractivity contribution in [2.75, 3.05) is 5.32 Å². The third kappa shape index (κ3) is 5.14. The molecule has 2 aromatic carbocycles. The Morgan fingerprint density at radius 1 is 1.03 bits per heavy atom. The SMILES string of the molecule is CC(O)c1ccc(C(O)C(NNC(=O)c2ccncc2)=C2Nc3ccc([N+](=O)[O-])cc3N=C2[O-])cc1. The number of carbonyl (C=O) groups excluding carboxylic acids is 1. The maximum absolute atomic E-state index is 12.9. The fourth-order valence-electron chi connectivity index (χ4n) is 3.46. The van der Waals surface area contributed by atoms with Gasteiger partial charge >= 0.3 is 0 Å². The number of non-ortho nitro benzene ring substituents is 1. The first kappa shape index (κ1) is 24.3. The highest BCUT2D eigenvalue weighted by Gasteiger charge is 2.24. The first-order valence-electron chi connectivity index (χ1n) is 10.7. The quantitative estimate of drug-likeness (QED) is 0.243. The summed E-state index contributed by atoms with van der Waals surface area (Å²) in [6.45, 7) is 1.60. The summed E-state index contributed by atoms with van der Waals surface area (Å²) in [6.07, 6.45) is 0.738. The van der Waals surface area contributed by atoms with Crippen LogP contribution in [-0.2, 0) is 0 Å². The predicted octanol–water partition coefficient (Wildman–Crippen LogP) is 1.74. The van der Waals surface area contributed by atoms with E-state index in [-0.39, 0.29) is 28.3 Å². The normalized spacial score (nSPS) is 15.5. The highest BCUT2D eigenvalue weighted by molar-refractivity contribution is 6.01. The summed E-state index contributed by atoms with van der Waals surface area (Å²) >= 11 is 0. The van der Waals surface area contributed by atoms with Crippen molar-refractivity contribution >= 4 is 28.9 Å². The number of benzene rings is 2. The van der Waals surface area contributed by atoms with Gasteiger partial charge in [-0.1, -0.05) is 24.3 Å². The largest absolute Gasteiger partial charge is 0.857 e. The van der Waals surface area contributed by atoms with Gasteiger partial charge in [-0.15, -0.1) is 0 Å². The molecule has 2 unspecified atom stereocenters. The van der Waals surface area contributed by atoms with Crippen molar-refractivity contribution in [3.63, 3.8) is 0 Å². The third-order valence-electron chi connectivity index (χ3n) is 5.42. The van der Waals surface area contributed by atoms with Crippen LogP contribution in [0.15, 0.2) is 83.4 Å². The molecular formula is C24H21N6O6-. The Morgan fingerprint density at radius 2 is 1.69 bits per heavy atom. The molecule has 1 aliphatic rings. The molecule has 4 rings (SSSR count). The van der Waals surface area contributed by atoms with Crippen LogP contribution in [-0.4, -0.2) is 31.9 Å². The fourth-order valence-corrected chi connectivity index (χ4v) is 3.46. The van der Waals surface area contributed by atoms with E-state index < -0.39 is 28.9 Å². The van der Waals surface area contributed by atoms with Gasteiger partial charge in [-0.3, -0.25) is 35.7 Å². The van der Waals surface area contributed by atoms with E-state index in [2.05, 4.69) is 26.1 Å². The van der Waals surface area contributed by atoms with Gasteiger partial charge in [0.15, 0.2) is 0 Å². The van der Waals surface area contributed by atoms with E-state index in [0.29, 0.717) is 16.8 Å². The second-order valence-corrected chi connectivity index (χ2v) is 7.85. The molecule has 36 heavy (non-hydrogen) atoms. The number of rotatable bonds is 7. The Hall–Kier alpha value is -4.81. The van der Waals surface area contributed by atoms with Crippen LogP contribution < -0.4 is 21.3 Å². The Balaban J connectivity index is 1.71. The topological polar surface area (TPSA) is 185 Å². The Bertz CT molecular complexity index is 1360. The number of nitrogens with one attached hydrogen (secondary N) is 3. The molecule has 1 amide bonds. The molecule has 0 bridgehead atoms. The van der Waals surface area contributed by atoms with Crippen molar-refractivity contribution in [2.45, 2.75) is 19.1 Å². The molecule has 3 aromatic rings. The van der Waals surface area contributed by atoms with Gasteiger partial charge in [0, 0.05) is 36.0 Å². The van der Waals surface area contributed by atoms with E-state index in [1.165, 1.54) is 36.7 Å². The lowest BCUT2D eigenvalue weighted by atomic mass is 10.0. The van der Waals surface area contributed by atoms with Gasteiger partial charge < -0.3 is 20.6 Å². The average molecular weight is 489 g/mol. The maximum Gasteiger partial charge on any atom is 0.271 e. The number of hydrogen-bond acceptors (Lipinski definition) is 10. The van der Waals surface area contributed by atoms with E-state index in [0.717, 1.165) is 6.07 Å². The number of anilines is 1. The van der Waals surface area contributed by atoms with Crippen LogP contribution >= 0.6 is 0 Å². The van der Waals surface area contributed by atoms with Crippen LogP contribution in [0.4, 0.5) is 17.1 Å². The van der Waals surface area contributed by atoms with E-state index in [1.54, 1.807) is 31.2 Å². The number of hydrazine groups is 1. The minimum absolute atomic E-state index is 0.0638. The van der Waals surface area contributed by atoms with Crippen LogP contribution in [0.5, 0.6) is 0 Å². The lowest BCUT2D eigenvalue weighted by Gasteiger charge is -2.29. The Morgan fingerprint density at radius 3 is 2.33 bits per heavy atom. The Kier molecular flexibility index (Phi) is 6.90. The zero-order valence-electron chi connectivity index (χ0n) is 18.9. The van der Waals surface area contributed by atoms with E-state index in [1.807, 2.05) is 0 Å². The summed E-state index contributed by atoms with van der Waals surface area (Å²) in [5.74, 6) is -1.37. The van der Waals surface area contributed by atoms with Crippen molar-refractivity contribution in [3.8, 4) is 0 Å². The van der Waals surface area contributed by atoms with Gasteiger partial charge in [-0.25, -0.2) is 0 Å². The summed E-state index contributed by atoms with van der Waals surface area (Å²) in [7, 11) is 0. The maximum atomic E-state index is 12.9. The minimum atomic E-state index is -1.42. The number of nitrogens with zero attached hydrogens (tertiary/aromatic N) is 3. The molecule has 12 heteroatoms. The summed E-state index contributed by atoms with van der Waals surface area (Å²) in [6, 6.07) is 13.1. The van der Waals surface area contributed by atoms with Crippen LogP contribution in [0, 0.1) is 10.1 Å². The summed E-state index contributed by atoms with van der Waals surface area (Å²) in [5, 5.41) is 47.7. The minimum Gasteiger partial charge on any atom is -0.857 e. The highest BCUT2D eigenvalue weighted by atomic mass is 16.6. The second-order valence-electron chi connectivity index (χ2n) is 7.85. The number of nitro benzene ring substituents is 1. The third-order valence-corrected chi connectivity index (χ3v) is 5.42. The number of aliphatic hydroxyl groups is 2. The van der Waals surface area contributed by atoms with Crippen LogP contribution in [0.1, 0.15) is 40.6 Å². The number of aliphatic hydroxyl groups excluding tert-OH is 2. The number of carbonyl (C=O) groups is 1. The first-order valence-corrected chi connectivity index (χ1v) is 10.7. The molecule has 0 radical (unpaired) electrons. The number of aliphatic imine (C=N–C) groups is 1. The van der Waals surface area contributed by atoms with E-state index in [4.69, 9.17) is 0 Å². The van der Waals surface area contributed by atoms with E-state index >= 15 is 0 Å². The average Bonchev–Trinajstić information content (AvgIpc) is 2.88. The molecule has 0 aliphatic carbocycles. The van der Waals surface area contributed by atoms with Crippen molar-refractivity contribution in [1.82, 2.24) is 15.8 Å². The number of nitro groups is 1. The molecule has 0 spiro atoms. The molecule has 0 saturated heterocycles. The second kappa shape index (κ2) is 10.2. The van der Waals surface area contributed by atoms with Crippen molar-refractivity contribution in [3.05, 3.63) is 105 Å². The van der Waals surface area contributed by atoms with Crippen LogP contribution in [0.25, 0.3) is 0 Å². The Labute approximate surface area is 204 Å². The number of hydrogen-bond donors (Lipinski definition) is 5. The summed E-state index contributed by atoms with van der Waals surface area (Å²) in [4.78, 5) is 30.8. The van der Waals surface area contributed by atoms with Gasteiger partial charge in [0.2, 0.25) is 0 Å². The molecule has 5 N–H and O–H groups in total. The molecule has 0 fully saturated rings. The van der Waals surface area contributed by atoms with Crippen molar-refractivity contribution < 1.29 is 25.0 Å². The van der Waals surface area contributed by atoms with Gasteiger partial charge in [0.05, 0.1) is 33.8 Å². The lowest BCUT2D eigenvalue weighted by molar-refractivity contribution is -0.384. The van der Waals surface area contributed by atoms with Gasteiger partial charge in [-0.2, -0.15) is 0 Å². The molecule has 0 saturated carbocycles. The van der Waals surface area contributed by atoms with Gasteiger partial charge in [0.25, 0.3) is 11.6 Å². The molecule has 1 aliphatic heterocycles. The molecule has 12 nitrogen and oxygen atoms in total. The molecule has 2 atom stereocenters. The lowest BCUT2D eigenvalue weighted by Crippen LogP contribution is -2.42. The molecule has 2 heterocycles. The first-order chi connectivity index (χ1) is 17.2. The van der Waals surface area contributed by atoms with Crippen molar-refractivity contribution in [1.29, 1.82) is 0 Å². The van der Waals surface area contributed by atoms with Crippen LogP contribution in [0.2, 0.25) is 0 Å². The predicted molar refractivity (Wildman–Crippen MR) is 128 cm³/mol. The number of fused-ring (bicyclic) bond motifs is 1. The number of aromatic nitrogens is 1. The number of amides is 1. The van der Waals surface area contributed by atoms with Gasteiger partial charge in [-0.05, 0) is 36.2 Å². The van der Waals surface area contributed by atoms with Crippen LogP contribution in [0.3, 0.4) is 0 Å². The zero-order chi connectivity index (χ0) is 25.8. The molecular weight excluding hydrogens is 468 g/mol. The zero-order valence-corrected chi connectivity index (χ0v) is 18.9. The highest BCUT2D eigenvalue weighted by Crippen LogP contribution is 2.35. The summed E-state index contributed by atoms with van der Waals surface area (Å²) < 4.78 is 0.